The monoisotopic (exact) mass is 512 g/mol. The van der Waals surface area contributed by atoms with Gasteiger partial charge in [0, 0.05) is 45.3 Å². The van der Waals surface area contributed by atoms with E-state index in [1.165, 1.54) is 23.5 Å². The molecule has 8 nitrogen and oxygen atoms in total. The van der Waals surface area contributed by atoms with Crippen molar-refractivity contribution in [1.29, 1.82) is 0 Å². The number of fused-ring (bicyclic) bond motifs is 1. The fourth-order valence-corrected chi connectivity index (χ4v) is 4.53. The highest BCUT2D eigenvalue weighted by atomic mass is 35.5. The number of rotatable bonds is 6. The van der Waals surface area contributed by atoms with E-state index in [1.54, 1.807) is 6.33 Å². The molecule has 0 unspecified atom stereocenters. The van der Waals surface area contributed by atoms with Crippen LogP contribution in [0.4, 0.5) is 14.6 Å². The average molecular weight is 513 g/mol. The second-order valence-electron chi connectivity index (χ2n) is 7.47. The maximum Gasteiger partial charge on any atom is 0.328 e. The molecule has 1 aliphatic heterocycles. The Hall–Kier alpha value is -3.15. The molecule has 1 aromatic carbocycles. The lowest BCUT2D eigenvalue weighted by atomic mass is 10.0. The number of aromatic nitrogens is 2. The molecule has 0 aliphatic carbocycles. The first-order valence-corrected chi connectivity index (χ1v) is 11.4. The molecule has 0 atom stereocenters. The quantitative estimate of drug-likeness (QED) is 0.408. The minimum Gasteiger partial charge on any atom is -0.478 e. The highest BCUT2D eigenvalue weighted by Gasteiger charge is 2.21. The number of aliphatic carboxylic acids is 2. The lowest BCUT2D eigenvalue weighted by Crippen LogP contribution is -2.38. The van der Waals surface area contributed by atoms with Gasteiger partial charge in [0.2, 0.25) is 0 Å². The van der Waals surface area contributed by atoms with Gasteiger partial charge in [-0.1, -0.05) is 11.6 Å². The fraction of sp³-hybridized carbons (Fsp3) is 0.273. The zero-order valence-electron chi connectivity index (χ0n) is 17.7. The van der Waals surface area contributed by atoms with Crippen molar-refractivity contribution in [3.8, 4) is 0 Å². The summed E-state index contributed by atoms with van der Waals surface area (Å²) < 4.78 is 27.3. The predicted octanol–water partition coefficient (Wildman–Crippen LogP) is 4.66. The normalized spacial score (nSPS) is 14.7. The summed E-state index contributed by atoms with van der Waals surface area (Å²) in [5.74, 6) is -2.76. The van der Waals surface area contributed by atoms with Crippen LogP contribution in [0.5, 0.6) is 0 Å². The van der Waals surface area contributed by atoms with Gasteiger partial charge in [-0.05, 0) is 36.6 Å². The van der Waals surface area contributed by atoms with Crippen molar-refractivity contribution in [2.45, 2.75) is 25.4 Å². The first-order chi connectivity index (χ1) is 16.2. The van der Waals surface area contributed by atoms with Gasteiger partial charge in [0.1, 0.15) is 28.6 Å². The lowest BCUT2D eigenvalue weighted by molar-refractivity contribution is -0.134. The Morgan fingerprint density at radius 3 is 2.32 bits per heavy atom. The molecule has 3 heterocycles. The molecule has 34 heavy (non-hydrogen) atoms. The zero-order chi connectivity index (χ0) is 24.7. The Kier molecular flexibility index (Phi) is 8.85. The standard InChI is InChI=1S/C18H17ClF2N4S.C4H4O4.H2/c19-16-8-15-17(22-10-23-18(15)26-16)24-14-1-3-25(4-2-14)9-11-5-12(20)7-13(21)6-11;5-3(6)1-2-4(7)8;/h5-8,10,14H,1-4,9H2,(H,22,23,24);1-2H,(H,5,6)(H,7,8);1H/b;2-1-;. The van der Waals surface area contributed by atoms with Gasteiger partial charge in [0.25, 0.3) is 0 Å². The number of carbonyl (C=O) groups is 2. The number of halogens is 3. The smallest absolute Gasteiger partial charge is 0.328 e. The van der Waals surface area contributed by atoms with Gasteiger partial charge >= 0.3 is 11.9 Å². The number of nitrogens with zero attached hydrogens (tertiary/aromatic N) is 3. The third kappa shape index (κ3) is 7.72. The van der Waals surface area contributed by atoms with Gasteiger partial charge in [0.05, 0.1) is 9.72 Å². The van der Waals surface area contributed by atoms with E-state index in [2.05, 4.69) is 20.2 Å². The molecule has 1 saturated heterocycles. The van der Waals surface area contributed by atoms with Crippen LogP contribution in [0, 0.1) is 11.6 Å². The van der Waals surface area contributed by atoms with Crippen LogP contribution < -0.4 is 5.32 Å². The third-order valence-corrected chi connectivity index (χ3v) is 6.10. The number of thiophene rings is 1. The Morgan fingerprint density at radius 1 is 1.12 bits per heavy atom. The fourth-order valence-electron chi connectivity index (χ4n) is 3.47. The second-order valence-corrected chi connectivity index (χ2v) is 9.14. The molecule has 0 saturated carbocycles. The molecular formula is C22H23ClF2N4O4S. The summed E-state index contributed by atoms with van der Waals surface area (Å²) in [4.78, 5) is 30.8. The molecular weight excluding hydrogens is 490 g/mol. The first kappa shape index (κ1) is 25.5. The van der Waals surface area contributed by atoms with Crippen molar-refractivity contribution in [3.05, 3.63) is 64.3 Å². The van der Waals surface area contributed by atoms with E-state index in [1.807, 2.05) is 6.07 Å². The maximum absolute atomic E-state index is 13.3. The van der Waals surface area contributed by atoms with Crippen LogP contribution in [0.25, 0.3) is 10.2 Å². The molecule has 3 N–H and O–H groups in total. The number of hydrogen-bond donors (Lipinski definition) is 3. The van der Waals surface area contributed by atoms with Crippen molar-refractivity contribution >= 4 is 50.9 Å². The molecule has 0 amide bonds. The molecule has 2 aromatic heterocycles. The van der Waals surface area contributed by atoms with Crippen LogP contribution in [0.3, 0.4) is 0 Å². The predicted molar refractivity (Wildman–Crippen MR) is 127 cm³/mol. The molecule has 12 heteroatoms. The summed E-state index contributed by atoms with van der Waals surface area (Å²) in [7, 11) is 0. The highest BCUT2D eigenvalue weighted by molar-refractivity contribution is 7.22. The molecule has 182 valence electrons. The number of carboxylic acids is 2. The van der Waals surface area contributed by atoms with Gasteiger partial charge in [-0.3, -0.25) is 4.90 Å². The number of benzene rings is 1. The number of anilines is 1. The first-order valence-electron chi connectivity index (χ1n) is 10.2. The van der Waals surface area contributed by atoms with E-state index in [-0.39, 0.29) is 1.43 Å². The Labute approximate surface area is 204 Å². The average Bonchev–Trinajstić information content (AvgIpc) is 3.15. The largest absolute Gasteiger partial charge is 0.478 e. The van der Waals surface area contributed by atoms with Gasteiger partial charge in [-0.2, -0.15) is 0 Å². The van der Waals surface area contributed by atoms with Gasteiger partial charge in [-0.25, -0.2) is 28.3 Å². The summed E-state index contributed by atoms with van der Waals surface area (Å²) in [6.07, 6.45) is 4.53. The van der Waals surface area contributed by atoms with Crippen LogP contribution in [-0.4, -0.2) is 56.2 Å². The third-order valence-electron chi connectivity index (χ3n) is 4.92. The van der Waals surface area contributed by atoms with Crippen molar-refractivity contribution in [3.63, 3.8) is 0 Å². The Balaban J connectivity index is 0.000000418. The summed E-state index contributed by atoms with van der Waals surface area (Å²) in [6, 6.07) is 5.87. The van der Waals surface area contributed by atoms with Crippen LogP contribution in [-0.2, 0) is 16.1 Å². The molecule has 1 fully saturated rings. The molecule has 0 radical (unpaired) electrons. The van der Waals surface area contributed by atoms with Crippen molar-refractivity contribution in [2.75, 3.05) is 18.4 Å². The van der Waals surface area contributed by atoms with Crippen LogP contribution >= 0.6 is 22.9 Å². The lowest BCUT2D eigenvalue weighted by Gasteiger charge is -2.32. The maximum atomic E-state index is 13.3. The van der Waals surface area contributed by atoms with Gasteiger partial charge in [0.15, 0.2) is 0 Å². The highest BCUT2D eigenvalue weighted by Crippen LogP contribution is 2.32. The molecule has 3 aromatic rings. The summed E-state index contributed by atoms with van der Waals surface area (Å²) >= 11 is 7.52. The number of nitrogens with one attached hydrogen (secondary N) is 1. The minimum absolute atomic E-state index is 0. The van der Waals surface area contributed by atoms with E-state index in [0.29, 0.717) is 34.6 Å². The molecule has 1 aliphatic rings. The van der Waals surface area contributed by atoms with Crippen molar-refractivity contribution < 1.29 is 30.0 Å². The topological polar surface area (TPSA) is 116 Å². The SMILES string of the molecule is Fc1cc(F)cc(CN2CCC(Nc3ncnc4sc(Cl)cc34)CC2)c1.O=C(O)/C=C\C(=O)O.[HH]. The zero-order valence-corrected chi connectivity index (χ0v) is 19.3. The summed E-state index contributed by atoms with van der Waals surface area (Å²) in [6.45, 7) is 2.27. The van der Waals surface area contributed by atoms with E-state index in [4.69, 9.17) is 21.8 Å². The van der Waals surface area contributed by atoms with Crippen LogP contribution in [0.2, 0.25) is 4.34 Å². The van der Waals surface area contributed by atoms with E-state index in [9.17, 15) is 18.4 Å². The molecule has 0 spiro atoms. The van der Waals surface area contributed by atoms with Crippen LogP contribution in [0.1, 0.15) is 19.8 Å². The van der Waals surface area contributed by atoms with Crippen LogP contribution in [0.15, 0.2) is 42.7 Å². The van der Waals surface area contributed by atoms with Crippen molar-refractivity contribution in [2.24, 2.45) is 0 Å². The number of carboxylic acid groups (broad SMARTS) is 2. The number of hydrogen-bond acceptors (Lipinski definition) is 7. The minimum atomic E-state index is -1.26. The Bertz CT molecular complexity index is 1170. The molecule has 4 rings (SSSR count). The van der Waals surface area contributed by atoms with Crippen molar-refractivity contribution in [1.82, 2.24) is 14.9 Å². The Morgan fingerprint density at radius 2 is 1.74 bits per heavy atom. The summed E-state index contributed by atoms with van der Waals surface area (Å²) in [5, 5.41) is 20.1. The molecule has 0 bridgehead atoms. The van der Waals surface area contributed by atoms with E-state index in [0.717, 1.165) is 48.0 Å². The number of piperidine rings is 1. The summed E-state index contributed by atoms with van der Waals surface area (Å²) in [5.41, 5.74) is 0.666. The van der Waals surface area contributed by atoms with Gasteiger partial charge < -0.3 is 15.5 Å². The van der Waals surface area contributed by atoms with E-state index < -0.39 is 23.6 Å². The number of likely N-dealkylation sites (tertiary alicyclic amines) is 1. The van der Waals surface area contributed by atoms with Gasteiger partial charge in [-0.15, -0.1) is 11.3 Å². The van der Waals surface area contributed by atoms with E-state index >= 15 is 0 Å². The second kappa shape index (κ2) is 11.8.